The molecular formula is C14H22N2O2S. The van der Waals surface area contributed by atoms with Crippen molar-refractivity contribution in [2.75, 3.05) is 13.1 Å². The molecule has 1 aliphatic rings. The van der Waals surface area contributed by atoms with E-state index >= 15 is 0 Å². The maximum atomic E-state index is 12.5. The lowest BCUT2D eigenvalue weighted by Gasteiger charge is -2.22. The fourth-order valence-electron chi connectivity index (χ4n) is 2.61. The highest BCUT2D eigenvalue weighted by molar-refractivity contribution is 7.89. The summed E-state index contributed by atoms with van der Waals surface area (Å²) >= 11 is 0. The van der Waals surface area contributed by atoms with Gasteiger partial charge in [0, 0.05) is 19.1 Å². The number of nitrogens with two attached hydrogens (primary N) is 1. The molecule has 1 aromatic rings. The Hall–Kier alpha value is -0.910. The average Bonchev–Trinajstić information content (AvgIpc) is 2.89. The van der Waals surface area contributed by atoms with E-state index in [-0.39, 0.29) is 6.04 Å². The molecule has 5 heteroatoms. The van der Waals surface area contributed by atoms with Crippen molar-refractivity contribution in [2.24, 2.45) is 5.73 Å². The van der Waals surface area contributed by atoms with E-state index in [1.165, 1.54) is 5.56 Å². The Bertz CT molecular complexity index is 511. The minimum Gasteiger partial charge on any atom is -0.329 e. The normalized spacial score (nSPS) is 20.8. The zero-order valence-corrected chi connectivity index (χ0v) is 12.2. The molecular weight excluding hydrogens is 260 g/mol. The van der Waals surface area contributed by atoms with E-state index in [2.05, 4.69) is 6.92 Å². The van der Waals surface area contributed by atoms with Gasteiger partial charge in [0.15, 0.2) is 0 Å². The zero-order valence-electron chi connectivity index (χ0n) is 11.4. The highest BCUT2D eigenvalue weighted by atomic mass is 32.2. The molecule has 4 nitrogen and oxygen atoms in total. The summed E-state index contributed by atoms with van der Waals surface area (Å²) in [5, 5.41) is 0. The Balaban J connectivity index is 2.24. The van der Waals surface area contributed by atoms with Gasteiger partial charge in [0.1, 0.15) is 0 Å². The van der Waals surface area contributed by atoms with E-state index in [1.54, 1.807) is 16.4 Å². The molecule has 1 unspecified atom stereocenters. The third kappa shape index (κ3) is 2.99. The van der Waals surface area contributed by atoms with E-state index in [0.717, 1.165) is 25.7 Å². The second-order valence-corrected chi connectivity index (χ2v) is 6.93. The molecule has 1 saturated heterocycles. The standard InChI is InChI=1S/C14H22N2O2S/c1-2-4-12-6-8-14(9-7-12)19(17,18)16-10-3-5-13(16)11-15/h6-9,13H,2-5,10-11,15H2,1H3. The Morgan fingerprint density at radius 3 is 2.58 bits per heavy atom. The molecule has 0 aromatic heterocycles. The summed E-state index contributed by atoms with van der Waals surface area (Å²) in [6, 6.07) is 7.20. The van der Waals surface area contributed by atoms with Crippen LogP contribution in [0.4, 0.5) is 0 Å². The first-order valence-electron chi connectivity index (χ1n) is 6.90. The summed E-state index contributed by atoms with van der Waals surface area (Å²) in [4.78, 5) is 0.382. The maximum Gasteiger partial charge on any atom is 0.243 e. The van der Waals surface area contributed by atoms with Crippen LogP contribution in [0.2, 0.25) is 0 Å². The zero-order chi connectivity index (χ0) is 13.9. The quantitative estimate of drug-likeness (QED) is 0.895. The Morgan fingerprint density at radius 1 is 1.32 bits per heavy atom. The van der Waals surface area contributed by atoms with Gasteiger partial charge in [-0.3, -0.25) is 0 Å². The van der Waals surface area contributed by atoms with Crippen LogP contribution in [0.25, 0.3) is 0 Å². The largest absolute Gasteiger partial charge is 0.329 e. The predicted molar refractivity (Wildman–Crippen MR) is 76.4 cm³/mol. The van der Waals surface area contributed by atoms with E-state index in [1.807, 2.05) is 12.1 Å². The molecule has 2 N–H and O–H groups in total. The fourth-order valence-corrected chi connectivity index (χ4v) is 4.32. The summed E-state index contributed by atoms with van der Waals surface area (Å²) in [6.07, 6.45) is 3.81. The second kappa shape index (κ2) is 6.03. The van der Waals surface area contributed by atoms with Gasteiger partial charge >= 0.3 is 0 Å². The highest BCUT2D eigenvalue weighted by Gasteiger charge is 2.34. The number of nitrogens with zero attached hydrogens (tertiary/aromatic N) is 1. The SMILES string of the molecule is CCCc1ccc(S(=O)(=O)N2CCCC2CN)cc1. The number of hydrogen-bond donors (Lipinski definition) is 1. The molecule has 1 fully saturated rings. The topological polar surface area (TPSA) is 63.4 Å². The first kappa shape index (κ1) is 14.5. The van der Waals surface area contributed by atoms with Crippen LogP contribution in [0.1, 0.15) is 31.7 Å². The van der Waals surface area contributed by atoms with Gasteiger partial charge in [-0.15, -0.1) is 0 Å². The van der Waals surface area contributed by atoms with Crippen molar-refractivity contribution < 1.29 is 8.42 Å². The van der Waals surface area contributed by atoms with E-state index in [0.29, 0.717) is 18.0 Å². The monoisotopic (exact) mass is 282 g/mol. The Labute approximate surface area is 115 Å². The van der Waals surface area contributed by atoms with Crippen LogP contribution >= 0.6 is 0 Å². The van der Waals surface area contributed by atoms with Gasteiger partial charge in [0.25, 0.3) is 0 Å². The molecule has 1 aromatic carbocycles. The fraction of sp³-hybridized carbons (Fsp3) is 0.571. The number of aryl methyl sites for hydroxylation is 1. The van der Waals surface area contributed by atoms with Crippen LogP contribution in [0.15, 0.2) is 29.2 Å². The molecule has 0 spiro atoms. The molecule has 1 aliphatic heterocycles. The molecule has 1 heterocycles. The molecule has 0 bridgehead atoms. The lowest BCUT2D eigenvalue weighted by atomic mass is 10.1. The van der Waals surface area contributed by atoms with Crippen LogP contribution < -0.4 is 5.73 Å². The van der Waals surface area contributed by atoms with Crippen LogP contribution in [0.5, 0.6) is 0 Å². The molecule has 0 saturated carbocycles. The molecule has 1 atom stereocenters. The van der Waals surface area contributed by atoms with Crippen molar-refractivity contribution in [1.29, 1.82) is 0 Å². The smallest absolute Gasteiger partial charge is 0.243 e. The van der Waals surface area contributed by atoms with Gasteiger partial charge in [0.05, 0.1) is 4.90 Å². The van der Waals surface area contributed by atoms with Crippen molar-refractivity contribution in [3.05, 3.63) is 29.8 Å². The molecule has 2 rings (SSSR count). The Kier molecular flexibility index (Phi) is 4.60. The third-order valence-corrected chi connectivity index (χ3v) is 5.63. The first-order chi connectivity index (χ1) is 9.09. The predicted octanol–water partition coefficient (Wildman–Crippen LogP) is 1.75. The summed E-state index contributed by atoms with van der Waals surface area (Å²) < 4.78 is 26.6. The highest BCUT2D eigenvalue weighted by Crippen LogP contribution is 2.25. The molecule has 0 radical (unpaired) electrons. The number of sulfonamides is 1. The van der Waals surface area contributed by atoms with Gasteiger partial charge in [-0.05, 0) is 37.0 Å². The number of benzene rings is 1. The van der Waals surface area contributed by atoms with E-state index in [9.17, 15) is 8.42 Å². The van der Waals surface area contributed by atoms with Gasteiger partial charge in [-0.2, -0.15) is 4.31 Å². The van der Waals surface area contributed by atoms with Gasteiger partial charge in [-0.25, -0.2) is 8.42 Å². The summed E-state index contributed by atoms with van der Waals surface area (Å²) in [5.41, 5.74) is 6.84. The molecule has 0 aliphatic carbocycles. The summed E-state index contributed by atoms with van der Waals surface area (Å²) in [5.74, 6) is 0. The Morgan fingerprint density at radius 2 is 2.00 bits per heavy atom. The maximum absolute atomic E-state index is 12.5. The number of rotatable bonds is 5. The lowest BCUT2D eigenvalue weighted by molar-refractivity contribution is 0.393. The van der Waals surface area contributed by atoms with Crippen molar-refractivity contribution >= 4 is 10.0 Å². The second-order valence-electron chi connectivity index (χ2n) is 5.04. The summed E-state index contributed by atoms with van der Waals surface area (Å²) in [6.45, 7) is 3.09. The van der Waals surface area contributed by atoms with Gasteiger partial charge < -0.3 is 5.73 Å². The lowest BCUT2D eigenvalue weighted by Crippen LogP contribution is -2.39. The molecule has 106 valence electrons. The van der Waals surface area contributed by atoms with Crippen LogP contribution in [0.3, 0.4) is 0 Å². The van der Waals surface area contributed by atoms with Crippen LogP contribution in [-0.2, 0) is 16.4 Å². The average molecular weight is 282 g/mol. The molecule has 19 heavy (non-hydrogen) atoms. The number of hydrogen-bond acceptors (Lipinski definition) is 3. The van der Waals surface area contributed by atoms with Crippen molar-refractivity contribution in [1.82, 2.24) is 4.31 Å². The van der Waals surface area contributed by atoms with Crippen LogP contribution in [0, 0.1) is 0 Å². The van der Waals surface area contributed by atoms with Crippen LogP contribution in [-0.4, -0.2) is 31.9 Å². The summed E-state index contributed by atoms with van der Waals surface area (Å²) in [7, 11) is -3.38. The van der Waals surface area contributed by atoms with Gasteiger partial charge in [-0.1, -0.05) is 25.5 Å². The van der Waals surface area contributed by atoms with E-state index < -0.39 is 10.0 Å². The van der Waals surface area contributed by atoms with E-state index in [4.69, 9.17) is 5.73 Å². The van der Waals surface area contributed by atoms with Crippen molar-refractivity contribution in [2.45, 2.75) is 43.5 Å². The minimum atomic E-state index is -3.38. The van der Waals surface area contributed by atoms with Crippen molar-refractivity contribution in [3.8, 4) is 0 Å². The first-order valence-corrected chi connectivity index (χ1v) is 8.34. The third-order valence-electron chi connectivity index (χ3n) is 3.66. The van der Waals surface area contributed by atoms with Crippen molar-refractivity contribution in [3.63, 3.8) is 0 Å². The van der Waals surface area contributed by atoms with Gasteiger partial charge in [0.2, 0.25) is 10.0 Å². The minimum absolute atomic E-state index is 0.0414. The molecule has 0 amide bonds.